The van der Waals surface area contributed by atoms with Crippen molar-refractivity contribution in [1.29, 1.82) is 0 Å². The third kappa shape index (κ3) is 5.55. The molecule has 0 fully saturated rings. The van der Waals surface area contributed by atoms with E-state index in [4.69, 9.17) is 4.74 Å². The van der Waals surface area contributed by atoms with E-state index in [0.717, 1.165) is 23.3 Å². The van der Waals surface area contributed by atoms with Crippen molar-refractivity contribution in [3.63, 3.8) is 0 Å². The van der Waals surface area contributed by atoms with Gasteiger partial charge in [-0.3, -0.25) is 0 Å². The molecule has 0 spiro atoms. The first-order chi connectivity index (χ1) is 8.27. The summed E-state index contributed by atoms with van der Waals surface area (Å²) in [6, 6.07) is 6.26. The maximum absolute atomic E-state index is 5.48. The van der Waals surface area contributed by atoms with Crippen molar-refractivity contribution in [3.8, 4) is 5.75 Å². The van der Waals surface area contributed by atoms with Crippen LogP contribution in [0.4, 0.5) is 0 Å². The molecule has 0 bridgehead atoms. The smallest absolute Gasteiger partial charge is 0.133 e. The van der Waals surface area contributed by atoms with Crippen LogP contribution in [0, 0.1) is 0 Å². The Labute approximate surface area is 113 Å². The minimum absolute atomic E-state index is 0.702. The maximum atomic E-state index is 5.48. The molecule has 1 aromatic carbocycles. The molecule has 0 amide bonds. The molecule has 0 aliphatic rings. The van der Waals surface area contributed by atoms with Crippen molar-refractivity contribution in [2.24, 2.45) is 0 Å². The van der Waals surface area contributed by atoms with E-state index in [9.17, 15) is 0 Å². The fraction of sp³-hybridized carbons (Fsp3) is 0.571. The molecule has 1 aromatic rings. The molecule has 0 heterocycles. The van der Waals surface area contributed by atoms with Crippen molar-refractivity contribution < 1.29 is 4.74 Å². The molecular weight excluding hydrogens is 278 g/mol. The molecule has 0 aliphatic heterocycles. The highest BCUT2D eigenvalue weighted by Gasteiger charge is 2.01. The molecular formula is C14H22BrNO. The first-order valence-electron chi connectivity index (χ1n) is 6.39. The van der Waals surface area contributed by atoms with Crippen LogP contribution in [-0.2, 0) is 6.54 Å². The van der Waals surface area contributed by atoms with Crippen LogP contribution < -0.4 is 10.1 Å². The van der Waals surface area contributed by atoms with Gasteiger partial charge in [-0.2, -0.15) is 0 Å². The van der Waals surface area contributed by atoms with Gasteiger partial charge in [-0.05, 0) is 53.5 Å². The lowest BCUT2D eigenvalue weighted by atomic mass is 10.2. The van der Waals surface area contributed by atoms with Crippen molar-refractivity contribution in [2.75, 3.05) is 13.2 Å². The molecule has 0 radical (unpaired) electrons. The Hall–Kier alpha value is -0.540. The van der Waals surface area contributed by atoms with Gasteiger partial charge in [-0.15, -0.1) is 0 Å². The second-order valence-corrected chi connectivity index (χ2v) is 4.94. The number of ether oxygens (including phenoxy) is 1. The van der Waals surface area contributed by atoms with Crippen LogP contribution in [-0.4, -0.2) is 13.2 Å². The highest BCUT2D eigenvalue weighted by Crippen LogP contribution is 2.25. The highest BCUT2D eigenvalue weighted by molar-refractivity contribution is 9.10. The maximum Gasteiger partial charge on any atom is 0.133 e. The molecule has 0 unspecified atom stereocenters. The van der Waals surface area contributed by atoms with Gasteiger partial charge in [0, 0.05) is 6.54 Å². The number of halogens is 1. The van der Waals surface area contributed by atoms with Crippen LogP contribution in [0.1, 0.15) is 38.7 Å². The number of nitrogens with one attached hydrogen (secondary N) is 1. The molecule has 96 valence electrons. The summed E-state index contributed by atoms with van der Waals surface area (Å²) in [6.45, 7) is 6.94. The Morgan fingerprint density at radius 1 is 1.24 bits per heavy atom. The number of rotatable bonds is 8. The van der Waals surface area contributed by atoms with E-state index in [1.807, 2.05) is 13.0 Å². The van der Waals surface area contributed by atoms with Gasteiger partial charge in [0.1, 0.15) is 5.75 Å². The monoisotopic (exact) mass is 299 g/mol. The zero-order valence-corrected chi connectivity index (χ0v) is 12.3. The fourth-order valence-corrected chi connectivity index (χ4v) is 2.20. The average molecular weight is 300 g/mol. The number of hydrogen-bond acceptors (Lipinski definition) is 2. The van der Waals surface area contributed by atoms with Crippen LogP contribution in [0.2, 0.25) is 0 Å². The summed E-state index contributed by atoms with van der Waals surface area (Å²) < 4.78 is 6.52. The standard InChI is InChI=1S/C14H22BrNO/c1-3-5-6-9-16-11-12-7-8-14(17-4-2)13(15)10-12/h7-8,10,16H,3-6,9,11H2,1-2H3. The van der Waals surface area contributed by atoms with Crippen molar-refractivity contribution in [1.82, 2.24) is 5.32 Å². The van der Waals surface area contributed by atoms with Gasteiger partial charge in [0.2, 0.25) is 0 Å². The van der Waals surface area contributed by atoms with Crippen molar-refractivity contribution in [3.05, 3.63) is 28.2 Å². The largest absolute Gasteiger partial charge is 0.493 e. The topological polar surface area (TPSA) is 21.3 Å². The summed E-state index contributed by atoms with van der Waals surface area (Å²) in [6.07, 6.45) is 3.84. The zero-order valence-electron chi connectivity index (χ0n) is 10.8. The van der Waals surface area contributed by atoms with Crippen molar-refractivity contribution in [2.45, 2.75) is 39.7 Å². The Kier molecular flexibility index (Phi) is 7.29. The SMILES string of the molecule is CCCCCNCc1ccc(OCC)c(Br)c1. The number of unbranched alkanes of at least 4 members (excludes halogenated alkanes) is 2. The lowest BCUT2D eigenvalue weighted by Crippen LogP contribution is -2.14. The van der Waals surface area contributed by atoms with Crippen LogP contribution in [0.15, 0.2) is 22.7 Å². The molecule has 2 nitrogen and oxygen atoms in total. The van der Waals surface area contributed by atoms with Gasteiger partial charge >= 0.3 is 0 Å². The van der Waals surface area contributed by atoms with Crippen LogP contribution >= 0.6 is 15.9 Å². The van der Waals surface area contributed by atoms with Gasteiger partial charge in [0.15, 0.2) is 0 Å². The van der Waals surface area contributed by atoms with E-state index in [0.29, 0.717) is 6.61 Å². The Morgan fingerprint density at radius 3 is 2.71 bits per heavy atom. The Bertz CT molecular complexity index is 328. The molecule has 0 aromatic heterocycles. The molecule has 0 aliphatic carbocycles. The quantitative estimate of drug-likeness (QED) is 0.729. The van der Waals surface area contributed by atoms with Crippen LogP contribution in [0.25, 0.3) is 0 Å². The molecule has 17 heavy (non-hydrogen) atoms. The van der Waals surface area contributed by atoms with Gasteiger partial charge in [0.05, 0.1) is 11.1 Å². The fourth-order valence-electron chi connectivity index (χ4n) is 1.66. The summed E-state index contributed by atoms with van der Waals surface area (Å²) >= 11 is 3.53. The summed E-state index contributed by atoms with van der Waals surface area (Å²) in [7, 11) is 0. The van der Waals surface area contributed by atoms with Crippen LogP contribution in [0.3, 0.4) is 0 Å². The van der Waals surface area contributed by atoms with Gasteiger partial charge in [0.25, 0.3) is 0 Å². The number of hydrogen-bond donors (Lipinski definition) is 1. The zero-order chi connectivity index (χ0) is 12.5. The van der Waals surface area contributed by atoms with Crippen LogP contribution in [0.5, 0.6) is 5.75 Å². The van der Waals surface area contributed by atoms with E-state index in [1.54, 1.807) is 0 Å². The molecule has 0 atom stereocenters. The number of benzene rings is 1. The first kappa shape index (κ1) is 14.5. The average Bonchev–Trinajstić information content (AvgIpc) is 2.32. The third-order valence-electron chi connectivity index (χ3n) is 2.58. The molecule has 1 rings (SSSR count). The molecule has 1 N–H and O–H groups in total. The normalized spacial score (nSPS) is 10.5. The molecule has 3 heteroatoms. The Balaban J connectivity index is 2.36. The summed E-state index contributed by atoms with van der Waals surface area (Å²) in [5, 5.41) is 3.45. The molecule has 0 saturated heterocycles. The van der Waals surface area contributed by atoms with E-state index >= 15 is 0 Å². The van der Waals surface area contributed by atoms with Gasteiger partial charge < -0.3 is 10.1 Å². The van der Waals surface area contributed by atoms with E-state index in [1.165, 1.54) is 24.8 Å². The summed E-state index contributed by atoms with van der Waals surface area (Å²) in [5.74, 6) is 0.919. The minimum atomic E-state index is 0.702. The van der Waals surface area contributed by atoms with E-state index in [2.05, 4.69) is 40.3 Å². The van der Waals surface area contributed by atoms with E-state index in [-0.39, 0.29) is 0 Å². The Morgan fingerprint density at radius 2 is 2.06 bits per heavy atom. The minimum Gasteiger partial charge on any atom is -0.493 e. The predicted octanol–water partition coefficient (Wildman–Crippen LogP) is 4.13. The van der Waals surface area contributed by atoms with Gasteiger partial charge in [-0.25, -0.2) is 0 Å². The second kappa shape index (κ2) is 8.54. The van der Waals surface area contributed by atoms with Gasteiger partial charge in [-0.1, -0.05) is 25.8 Å². The second-order valence-electron chi connectivity index (χ2n) is 4.08. The van der Waals surface area contributed by atoms with E-state index < -0.39 is 0 Å². The third-order valence-corrected chi connectivity index (χ3v) is 3.20. The summed E-state index contributed by atoms with van der Waals surface area (Å²) in [5.41, 5.74) is 1.29. The lowest BCUT2D eigenvalue weighted by molar-refractivity contribution is 0.338. The summed E-state index contributed by atoms with van der Waals surface area (Å²) in [4.78, 5) is 0. The predicted molar refractivity (Wildman–Crippen MR) is 76.5 cm³/mol. The highest BCUT2D eigenvalue weighted by atomic mass is 79.9. The lowest BCUT2D eigenvalue weighted by Gasteiger charge is -2.09. The molecule has 0 saturated carbocycles. The first-order valence-corrected chi connectivity index (χ1v) is 7.19. The van der Waals surface area contributed by atoms with Crippen molar-refractivity contribution >= 4 is 15.9 Å².